The molecular formula is C12H12N2S. The van der Waals surface area contributed by atoms with Crippen molar-refractivity contribution in [2.45, 2.75) is 12.7 Å². The molecule has 0 bridgehead atoms. The Kier molecular flexibility index (Phi) is 2.19. The molecule has 1 atom stereocenters. The van der Waals surface area contributed by atoms with Crippen LogP contribution in [0.2, 0.25) is 0 Å². The summed E-state index contributed by atoms with van der Waals surface area (Å²) >= 11 is 1.78. The van der Waals surface area contributed by atoms with Gasteiger partial charge in [0.2, 0.25) is 0 Å². The summed E-state index contributed by atoms with van der Waals surface area (Å²) in [6.45, 7) is 0.936. The molecule has 0 saturated heterocycles. The largest absolute Gasteiger partial charge is 0.365 e. The SMILES string of the molecule is c1csc([C@H]2NCc3ccccc3N2)c1. The van der Waals surface area contributed by atoms with Gasteiger partial charge < -0.3 is 5.32 Å². The number of para-hydroxylation sites is 1. The highest BCUT2D eigenvalue weighted by Crippen LogP contribution is 2.27. The van der Waals surface area contributed by atoms with Crippen LogP contribution in [0.3, 0.4) is 0 Å². The summed E-state index contributed by atoms with van der Waals surface area (Å²) in [6.07, 6.45) is 0.264. The lowest BCUT2D eigenvalue weighted by atomic mass is 10.1. The third-order valence-electron chi connectivity index (χ3n) is 2.64. The van der Waals surface area contributed by atoms with E-state index in [1.807, 2.05) is 0 Å². The zero-order chi connectivity index (χ0) is 10.1. The van der Waals surface area contributed by atoms with Gasteiger partial charge in [0.15, 0.2) is 0 Å². The van der Waals surface area contributed by atoms with Crippen LogP contribution in [0.1, 0.15) is 16.6 Å². The minimum atomic E-state index is 0.264. The maximum atomic E-state index is 3.50. The van der Waals surface area contributed by atoms with Crippen molar-refractivity contribution in [3.05, 3.63) is 52.2 Å². The summed E-state index contributed by atoms with van der Waals surface area (Å²) in [5.74, 6) is 0. The van der Waals surface area contributed by atoms with Crippen molar-refractivity contribution in [2.24, 2.45) is 0 Å². The maximum Gasteiger partial charge on any atom is 0.113 e. The Morgan fingerprint density at radius 1 is 1.13 bits per heavy atom. The van der Waals surface area contributed by atoms with Crippen molar-refractivity contribution in [3.63, 3.8) is 0 Å². The topological polar surface area (TPSA) is 24.1 Å². The van der Waals surface area contributed by atoms with Gasteiger partial charge in [0.05, 0.1) is 0 Å². The van der Waals surface area contributed by atoms with E-state index in [0.717, 1.165) is 6.54 Å². The van der Waals surface area contributed by atoms with E-state index in [9.17, 15) is 0 Å². The molecule has 0 fully saturated rings. The molecule has 0 radical (unpaired) electrons. The van der Waals surface area contributed by atoms with Crippen LogP contribution in [0.5, 0.6) is 0 Å². The smallest absolute Gasteiger partial charge is 0.113 e. The van der Waals surface area contributed by atoms with Crippen LogP contribution >= 0.6 is 11.3 Å². The molecule has 0 spiro atoms. The van der Waals surface area contributed by atoms with Gasteiger partial charge in [-0.05, 0) is 23.1 Å². The van der Waals surface area contributed by atoms with Crippen LogP contribution in [-0.4, -0.2) is 0 Å². The second-order valence-corrected chi connectivity index (χ2v) is 4.61. The molecule has 2 N–H and O–H groups in total. The predicted octanol–water partition coefficient (Wildman–Crippen LogP) is 2.96. The zero-order valence-electron chi connectivity index (χ0n) is 8.23. The minimum absolute atomic E-state index is 0.264. The van der Waals surface area contributed by atoms with E-state index in [4.69, 9.17) is 0 Å². The maximum absolute atomic E-state index is 3.50. The fourth-order valence-corrected chi connectivity index (χ4v) is 2.61. The highest BCUT2D eigenvalue weighted by molar-refractivity contribution is 7.10. The summed E-state index contributed by atoms with van der Waals surface area (Å²) in [6, 6.07) is 12.7. The Labute approximate surface area is 93.0 Å². The molecule has 76 valence electrons. The van der Waals surface area contributed by atoms with Gasteiger partial charge in [-0.15, -0.1) is 11.3 Å². The molecule has 1 aliphatic heterocycles. The molecule has 0 saturated carbocycles. The molecule has 0 aliphatic carbocycles. The second kappa shape index (κ2) is 3.68. The number of fused-ring (bicyclic) bond motifs is 1. The van der Waals surface area contributed by atoms with Gasteiger partial charge in [0, 0.05) is 17.1 Å². The fourth-order valence-electron chi connectivity index (χ4n) is 1.86. The van der Waals surface area contributed by atoms with Gasteiger partial charge in [0.1, 0.15) is 6.17 Å². The second-order valence-electron chi connectivity index (χ2n) is 3.63. The third kappa shape index (κ3) is 1.64. The molecule has 0 amide bonds. The highest BCUT2D eigenvalue weighted by atomic mass is 32.1. The first kappa shape index (κ1) is 8.95. The average molecular weight is 216 g/mol. The number of rotatable bonds is 1. The van der Waals surface area contributed by atoms with E-state index in [1.165, 1.54) is 16.1 Å². The normalized spacial score (nSPS) is 19.3. The third-order valence-corrected chi connectivity index (χ3v) is 3.58. The standard InChI is InChI=1S/C12H12N2S/c1-2-5-10-9(4-1)8-13-12(14-10)11-6-3-7-15-11/h1-7,12-14H,8H2/t12-/m0/s1. The number of hydrogen-bond donors (Lipinski definition) is 2. The predicted molar refractivity (Wildman–Crippen MR) is 64.0 cm³/mol. The first-order valence-corrected chi connectivity index (χ1v) is 5.93. The van der Waals surface area contributed by atoms with E-state index in [-0.39, 0.29) is 6.17 Å². The molecule has 1 aromatic carbocycles. The Bertz CT molecular complexity index is 450. The average Bonchev–Trinajstić information content (AvgIpc) is 2.82. The molecule has 3 rings (SSSR count). The lowest BCUT2D eigenvalue weighted by Gasteiger charge is -2.27. The first-order chi connectivity index (χ1) is 7.43. The first-order valence-electron chi connectivity index (χ1n) is 5.05. The van der Waals surface area contributed by atoms with Crippen molar-refractivity contribution in [3.8, 4) is 0 Å². The number of benzene rings is 1. The van der Waals surface area contributed by atoms with Crippen molar-refractivity contribution in [1.29, 1.82) is 0 Å². The summed E-state index contributed by atoms with van der Waals surface area (Å²) in [5, 5.41) is 9.09. The van der Waals surface area contributed by atoms with Gasteiger partial charge in [-0.1, -0.05) is 24.3 Å². The molecular weight excluding hydrogens is 204 g/mol. The van der Waals surface area contributed by atoms with Crippen LogP contribution in [-0.2, 0) is 6.54 Å². The summed E-state index contributed by atoms with van der Waals surface area (Å²) in [4.78, 5) is 1.34. The molecule has 1 aromatic heterocycles. The number of thiophene rings is 1. The molecule has 1 aliphatic rings. The summed E-state index contributed by atoms with van der Waals surface area (Å²) in [5.41, 5.74) is 2.58. The zero-order valence-corrected chi connectivity index (χ0v) is 9.05. The lowest BCUT2D eigenvalue weighted by molar-refractivity contribution is 0.573. The van der Waals surface area contributed by atoms with Crippen LogP contribution in [0, 0.1) is 0 Å². The van der Waals surface area contributed by atoms with E-state index in [0.29, 0.717) is 0 Å². The number of hydrogen-bond acceptors (Lipinski definition) is 3. The van der Waals surface area contributed by atoms with Gasteiger partial charge in [0.25, 0.3) is 0 Å². The minimum Gasteiger partial charge on any atom is -0.365 e. The van der Waals surface area contributed by atoms with Crippen molar-refractivity contribution < 1.29 is 0 Å². The van der Waals surface area contributed by atoms with Gasteiger partial charge >= 0.3 is 0 Å². The summed E-state index contributed by atoms with van der Waals surface area (Å²) in [7, 11) is 0. The quantitative estimate of drug-likeness (QED) is 0.765. The highest BCUT2D eigenvalue weighted by Gasteiger charge is 2.17. The van der Waals surface area contributed by atoms with Crippen LogP contribution in [0.4, 0.5) is 5.69 Å². The number of nitrogens with one attached hydrogen (secondary N) is 2. The Morgan fingerprint density at radius 3 is 2.93 bits per heavy atom. The Balaban J connectivity index is 1.89. The van der Waals surface area contributed by atoms with E-state index in [2.05, 4.69) is 52.4 Å². The monoisotopic (exact) mass is 216 g/mol. The lowest BCUT2D eigenvalue weighted by Crippen LogP contribution is -2.31. The Morgan fingerprint density at radius 2 is 2.07 bits per heavy atom. The summed E-state index contributed by atoms with van der Waals surface area (Å²) < 4.78 is 0. The fraction of sp³-hybridized carbons (Fsp3) is 0.167. The van der Waals surface area contributed by atoms with Crippen LogP contribution in [0.15, 0.2) is 41.8 Å². The van der Waals surface area contributed by atoms with E-state index >= 15 is 0 Å². The van der Waals surface area contributed by atoms with E-state index in [1.54, 1.807) is 11.3 Å². The van der Waals surface area contributed by atoms with Crippen molar-refractivity contribution in [2.75, 3.05) is 5.32 Å². The van der Waals surface area contributed by atoms with Gasteiger partial charge in [-0.2, -0.15) is 0 Å². The molecule has 2 heterocycles. The molecule has 15 heavy (non-hydrogen) atoms. The molecule has 0 unspecified atom stereocenters. The number of anilines is 1. The molecule has 2 nitrogen and oxygen atoms in total. The van der Waals surface area contributed by atoms with Crippen molar-refractivity contribution >= 4 is 17.0 Å². The van der Waals surface area contributed by atoms with Crippen LogP contribution in [0.25, 0.3) is 0 Å². The molecule has 3 heteroatoms. The van der Waals surface area contributed by atoms with Crippen molar-refractivity contribution in [1.82, 2.24) is 5.32 Å². The van der Waals surface area contributed by atoms with E-state index < -0.39 is 0 Å². The van der Waals surface area contributed by atoms with Gasteiger partial charge in [-0.25, -0.2) is 0 Å². The molecule has 2 aromatic rings. The van der Waals surface area contributed by atoms with Gasteiger partial charge in [-0.3, -0.25) is 5.32 Å². The van der Waals surface area contributed by atoms with Crippen LogP contribution < -0.4 is 10.6 Å². The Hall–Kier alpha value is -1.32.